The summed E-state index contributed by atoms with van der Waals surface area (Å²) in [6.07, 6.45) is 1.33. The maximum Gasteiger partial charge on any atom is 0.492 e. The minimum absolute atomic E-state index is 0.0272. The van der Waals surface area contributed by atoms with E-state index in [0.29, 0.717) is 5.56 Å². The molecule has 1 fully saturated rings. The average molecular weight is 539 g/mol. The summed E-state index contributed by atoms with van der Waals surface area (Å²) in [6.45, 7) is 8.29. The zero-order valence-electron chi connectivity index (χ0n) is 23.3. The lowest BCUT2D eigenvalue weighted by Gasteiger charge is -2.32. The zero-order valence-corrected chi connectivity index (χ0v) is 23.3. The van der Waals surface area contributed by atoms with Crippen LogP contribution < -0.4 is 5.32 Å². The molecule has 7 nitrogen and oxygen atoms in total. The molecule has 0 radical (unpaired) electrons. The van der Waals surface area contributed by atoms with Gasteiger partial charge in [0.1, 0.15) is 6.61 Å². The van der Waals surface area contributed by atoms with E-state index in [1.54, 1.807) is 12.1 Å². The van der Waals surface area contributed by atoms with Gasteiger partial charge in [0, 0.05) is 12.5 Å². The standard InChI is InChI=1S/C32H34BNO6/c1-31(2)32(3,4)40-33(39-31)23(17-21-13-15-22(16-14-21)18-29(35)36)19-34-30(37)38-20-28-26-11-7-5-9-24(26)25-10-6-8-12-27(25)28/h5-17,28H,18-20H2,1-4H3,(H,34,37)(H,35,36). The van der Waals surface area contributed by atoms with Gasteiger partial charge in [-0.1, -0.05) is 78.9 Å². The van der Waals surface area contributed by atoms with Crippen LogP contribution >= 0.6 is 0 Å². The first-order valence-electron chi connectivity index (χ1n) is 13.5. The highest BCUT2D eigenvalue weighted by atomic mass is 16.7. The molecule has 0 spiro atoms. The first-order chi connectivity index (χ1) is 19.0. The highest BCUT2D eigenvalue weighted by molar-refractivity contribution is 6.56. The SMILES string of the molecule is CC1(C)OB(C(=Cc2ccc(CC(=O)O)cc2)CNC(=O)OCC2c3ccccc3-c3ccccc32)OC1(C)C. The summed E-state index contributed by atoms with van der Waals surface area (Å²) in [5.41, 5.74) is 5.82. The second-order valence-corrected chi connectivity index (χ2v) is 11.3. The molecule has 0 atom stereocenters. The van der Waals surface area contributed by atoms with E-state index >= 15 is 0 Å². The molecule has 8 heteroatoms. The monoisotopic (exact) mass is 539 g/mol. The van der Waals surface area contributed by atoms with Crippen LogP contribution in [0.4, 0.5) is 4.79 Å². The maximum absolute atomic E-state index is 12.9. The van der Waals surface area contributed by atoms with Gasteiger partial charge >= 0.3 is 19.2 Å². The first kappa shape index (κ1) is 27.7. The number of fused-ring (bicyclic) bond motifs is 3. The van der Waals surface area contributed by atoms with Crippen molar-refractivity contribution < 1.29 is 28.7 Å². The number of carboxylic acid groups (broad SMARTS) is 1. The minimum atomic E-state index is -0.881. The molecule has 0 bridgehead atoms. The number of amides is 1. The number of nitrogens with one attached hydrogen (secondary N) is 1. The lowest BCUT2D eigenvalue weighted by atomic mass is 9.77. The Morgan fingerprint density at radius 3 is 2.00 bits per heavy atom. The topological polar surface area (TPSA) is 94.1 Å². The van der Waals surface area contributed by atoms with Crippen molar-refractivity contribution in [3.63, 3.8) is 0 Å². The molecule has 0 saturated carbocycles. The molecule has 3 aromatic carbocycles. The Hall–Kier alpha value is -3.88. The molecule has 5 rings (SSSR count). The second-order valence-electron chi connectivity index (χ2n) is 11.3. The van der Waals surface area contributed by atoms with Gasteiger partial charge in [-0.2, -0.15) is 0 Å². The highest BCUT2D eigenvalue weighted by Crippen LogP contribution is 2.44. The molecular weight excluding hydrogens is 505 g/mol. The third-order valence-electron chi connectivity index (χ3n) is 8.02. The Morgan fingerprint density at radius 1 is 0.900 bits per heavy atom. The van der Waals surface area contributed by atoms with Crippen LogP contribution in [0.25, 0.3) is 17.2 Å². The van der Waals surface area contributed by atoms with Crippen LogP contribution in [0.2, 0.25) is 0 Å². The van der Waals surface area contributed by atoms with Crippen molar-refractivity contribution in [1.29, 1.82) is 0 Å². The maximum atomic E-state index is 12.9. The van der Waals surface area contributed by atoms with Crippen molar-refractivity contribution in [2.24, 2.45) is 0 Å². The molecule has 0 unspecified atom stereocenters. The fraction of sp³-hybridized carbons (Fsp3) is 0.312. The zero-order chi connectivity index (χ0) is 28.5. The van der Waals surface area contributed by atoms with Crippen molar-refractivity contribution in [1.82, 2.24) is 5.32 Å². The molecule has 1 aliphatic carbocycles. The number of alkyl carbamates (subject to hydrolysis) is 1. The van der Waals surface area contributed by atoms with Gasteiger partial charge in [-0.25, -0.2) is 4.79 Å². The normalized spacial score (nSPS) is 17.3. The van der Waals surface area contributed by atoms with Crippen LogP contribution in [0.3, 0.4) is 0 Å². The Bertz CT molecular complexity index is 1380. The number of ether oxygens (including phenoxy) is 1. The fourth-order valence-corrected chi connectivity index (χ4v) is 5.14. The van der Waals surface area contributed by atoms with E-state index in [-0.39, 0.29) is 25.5 Å². The van der Waals surface area contributed by atoms with E-state index < -0.39 is 30.4 Å². The van der Waals surface area contributed by atoms with Gasteiger partial charge in [-0.05, 0) is 66.5 Å². The van der Waals surface area contributed by atoms with Gasteiger partial charge in [0.2, 0.25) is 0 Å². The fourth-order valence-electron chi connectivity index (χ4n) is 5.14. The predicted molar refractivity (Wildman–Crippen MR) is 155 cm³/mol. The van der Waals surface area contributed by atoms with E-state index in [0.717, 1.165) is 22.2 Å². The van der Waals surface area contributed by atoms with Gasteiger partial charge < -0.3 is 24.5 Å². The first-order valence-corrected chi connectivity index (χ1v) is 13.5. The summed E-state index contributed by atoms with van der Waals surface area (Å²) >= 11 is 0. The summed E-state index contributed by atoms with van der Waals surface area (Å²) in [5.74, 6) is -0.908. The van der Waals surface area contributed by atoms with Crippen molar-refractivity contribution in [2.45, 2.75) is 51.2 Å². The summed E-state index contributed by atoms with van der Waals surface area (Å²) in [6, 6.07) is 23.7. The molecule has 3 aromatic rings. The summed E-state index contributed by atoms with van der Waals surface area (Å²) in [5, 5.41) is 11.9. The quantitative estimate of drug-likeness (QED) is 0.348. The van der Waals surface area contributed by atoms with Gasteiger partial charge in [0.25, 0.3) is 0 Å². The van der Waals surface area contributed by atoms with E-state index in [9.17, 15) is 9.59 Å². The molecule has 0 aromatic heterocycles. The molecule has 2 aliphatic rings. The number of carbonyl (C=O) groups excluding carboxylic acids is 1. The lowest BCUT2D eigenvalue weighted by Crippen LogP contribution is -2.41. The third-order valence-corrected chi connectivity index (χ3v) is 8.02. The molecule has 2 N–H and O–H groups in total. The van der Waals surface area contributed by atoms with Gasteiger partial charge in [0.05, 0.1) is 17.6 Å². The number of carbonyl (C=O) groups is 2. The molecular formula is C32H34BNO6. The van der Waals surface area contributed by atoms with E-state index in [4.69, 9.17) is 19.2 Å². The Labute approximate surface area is 235 Å². The van der Waals surface area contributed by atoms with Crippen LogP contribution in [-0.2, 0) is 25.3 Å². The number of hydrogen-bond acceptors (Lipinski definition) is 5. The largest absolute Gasteiger partial charge is 0.492 e. The van der Waals surface area contributed by atoms with Crippen molar-refractivity contribution >= 4 is 25.3 Å². The summed E-state index contributed by atoms with van der Waals surface area (Å²) in [4.78, 5) is 23.9. The average Bonchev–Trinajstić information content (AvgIpc) is 3.35. The number of benzene rings is 3. The van der Waals surface area contributed by atoms with Gasteiger partial charge in [-0.15, -0.1) is 0 Å². The smallest absolute Gasteiger partial charge is 0.481 e. The van der Waals surface area contributed by atoms with Crippen LogP contribution in [0.1, 0.15) is 55.9 Å². The van der Waals surface area contributed by atoms with Crippen molar-refractivity contribution in [3.8, 4) is 11.1 Å². The lowest BCUT2D eigenvalue weighted by molar-refractivity contribution is -0.136. The van der Waals surface area contributed by atoms with Crippen LogP contribution in [-0.4, -0.2) is 48.6 Å². The molecule has 40 heavy (non-hydrogen) atoms. The van der Waals surface area contributed by atoms with Crippen molar-refractivity contribution in [3.05, 3.63) is 101 Å². The van der Waals surface area contributed by atoms with Crippen LogP contribution in [0.5, 0.6) is 0 Å². The number of hydrogen-bond donors (Lipinski definition) is 2. The van der Waals surface area contributed by atoms with E-state index in [1.165, 1.54) is 11.1 Å². The van der Waals surface area contributed by atoms with Crippen molar-refractivity contribution in [2.75, 3.05) is 13.2 Å². The molecule has 1 aliphatic heterocycles. The van der Waals surface area contributed by atoms with Gasteiger partial charge in [-0.3, -0.25) is 4.79 Å². The molecule has 1 saturated heterocycles. The molecule has 1 amide bonds. The van der Waals surface area contributed by atoms with Gasteiger partial charge in [0.15, 0.2) is 0 Å². The summed E-state index contributed by atoms with van der Waals surface area (Å²) < 4.78 is 18.3. The molecule has 1 heterocycles. The van der Waals surface area contributed by atoms with Crippen LogP contribution in [0, 0.1) is 0 Å². The number of aliphatic carboxylic acids is 1. The number of rotatable bonds is 8. The predicted octanol–water partition coefficient (Wildman–Crippen LogP) is 5.87. The Kier molecular flexibility index (Phi) is 7.58. The highest BCUT2D eigenvalue weighted by Gasteiger charge is 2.52. The third kappa shape index (κ3) is 5.69. The summed E-state index contributed by atoms with van der Waals surface area (Å²) in [7, 11) is -0.669. The Morgan fingerprint density at radius 2 is 1.45 bits per heavy atom. The minimum Gasteiger partial charge on any atom is -0.481 e. The second kappa shape index (κ2) is 10.9. The van der Waals surface area contributed by atoms with E-state index in [2.05, 4.69) is 29.6 Å². The Balaban J connectivity index is 1.29. The van der Waals surface area contributed by atoms with E-state index in [1.807, 2.05) is 70.2 Å². The number of carboxylic acids is 1. The van der Waals surface area contributed by atoms with Crippen LogP contribution in [0.15, 0.2) is 78.3 Å². The molecule has 206 valence electrons.